The molecule has 1 aliphatic rings. The Labute approximate surface area is 360 Å². The fourth-order valence-electron chi connectivity index (χ4n) is 9.15. The number of aromatic carboxylic acids is 1. The Morgan fingerprint density at radius 3 is 1.28 bits per heavy atom. The van der Waals surface area contributed by atoms with Gasteiger partial charge in [0.15, 0.2) is 0 Å². The molecule has 0 radical (unpaired) electrons. The van der Waals surface area contributed by atoms with Crippen LogP contribution < -0.4 is 9.84 Å². The molecule has 0 unspecified atom stereocenters. The van der Waals surface area contributed by atoms with Crippen molar-refractivity contribution in [2.45, 2.75) is 240 Å². The van der Waals surface area contributed by atoms with E-state index in [1.54, 1.807) is 0 Å². The van der Waals surface area contributed by atoms with Gasteiger partial charge in [0, 0.05) is 17.5 Å². The Hall–Kier alpha value is -2.33. The van der Waals surface area contributed by atoms with Gasteiger partial charge in [0.05, 0.1) is 32.1 Å². The summed E-state index contributed by atoms with van der Waals surface area (Å²) in [4.78, 5) is 11.8. The number of carbonyl (C=O) groups excluding carboxylic acids is 1. The average molecular weight is 804 g/mol. The number of benzene rings is 2. The maximum Gasteiger partial charge on any atom is 0.131 e. The summed E-state index contributed by atoms with van der Waals surface area (Å²) in [5.41, 5.74) is 2.98. The second kappa shape index (κ2) is 34.4. The van der Waals surface area contributed by atoms with Gasteiger partial charge in [-0.15, -0.1) is 0 Å². The summed E-state index contributed by atoms with van der Waals surface area (Å²) in [6, 6.07) is 11.6. The average Bonchev–Trinajstić information content (AvgIpc) is 3.23. The number of ether oxygens (including phenoxy) is 1. The second-order valence-electron chi connectivity index (χ2n) is 18.1. The molecule has 0 bridgehead atoms. The van der Waals surface area contributed by atoms with Crippen LogP contribution in [0.4, 0.5) is 0 Å². The molecule has 0 fully saturated rings. The minimum absolute atomic E-state index is 0.334. The normalized spacial score (nSPS) is 12.1. The van der Waals surface area contributed by atoms with E-state index in [1.165, 1.54) is 210 Å². The smallest absolute Gasteiger partial charge is 0.131 e. The number of aryl methyl sites for hydroxylation is 1. The largest absolute Gasteiger partial charge is 0.545 e. The molecule has 1 aliphatic heterocycles. The van der Waals surface area contributed by atoms with Crippen LogP contribution in [0, 0.1) is 0 Å². The molecule has 0 saturated heterocycles. The number of hydrogen-bond donors (Lipinski definition) is 0. The third kappa shape index (κ3) is 22.3. The van der Waals surface area contributed by atoms with E-state index in [-0.39, 0.29) is 0 Å². The molecule has 0 N–H and O–H groups in total. The van der Waals surface area contributed by atoms with Gasteiger partial charge in [0.2, 0.25) is 0 Å². The molecule has 1 heterocycles. The highest BCUT2D eigenvalue weighted by Crippen LogP contribution is 2.39. The van der Waals surface area contributed by atoms with Crippen LogP contribution in [-0.2, 0) is 12.8 Å². The van der Waals surface area contributed by atoms with Crippen LogP contribution >= 0.6 is 0 Å². The number of carboxylic acids is 1. The molecule has 0 aliphatic carbocycles. The van der Waals surface area contributed by atoms with E-state index in [2.05, 4.69) is 34.6 Å². The SMILES string of the molecule is CCCCCCCC[N+](CCCCCCCC)(CCCCCCCC)CCCCCCCC.CCCCCCCCc1ccc2c(c1C(=O)[O-])Cc1ccccc1O2. The topological polar surface area (TPSA) is 49.4 Å². The molecule has 0 amide bonds. The van der Waals surface area contributed by atoms with Crippen LogP contribution in [0.3, 0.4) is 0 Å². The Morgan fingerprint density at radius 2 is 0.862 bits per heavy atom. The quantitative estimate of drug-likeness (QED) is 0.0434. The number of carboxylic acid groups (broad SMARTS) is 1. The summed E-state index contributed by atoms with van der Waals surface area (Å²) in [5.74, 6) is 0.355. The lowest BCUT2D eigenvalue weighted by molar-refractivity contribution is -0.929. The molecule has 2 aromatic rings. The Kier molecular flexibility index (Phi) is 30.7. The van der Waals surface area contributed by atoms with E-state index >= 15 is 0 Å². The molecule has 0 aromatic heterocycles. The highest BCUT2D eigenvalue weighted by Gasteiger charge is 2.26. The van der Waals surface area contributed by atoms with Gasteiger partial charge in [-0.25, -0.2) is 0 Å². The summed E-state index contributed by atoms with van der Waals surface area (Å²) in [5, 5.41) is 11.8. The number of unbranched alkanes of at least 4 members (excludes halogenated alkanes) is 25. The number of fused-ring (bicyclic) bond motifs is 2. The monoisotopic (exact) mass is 804 g/mol. The lowest BCUT2D eigenvalue weighted by Gasteiger charge is -2.40. The second-order valence-corrected chi connectivity index (χ2v) is 18.1. The van der Waals surface area contributed by atoms with Gasteiger partial charge in [0.1, 0.15) is 11.5 Å². The molecule has 4 heteroatoms. The van der Waals surface area contributed by atoms with Crippen LogP contribution in [0.15, 0.2) is 36.4 Å². The Bertz CT molecular complexity index is 1220. The molecule has 332 valence electrons. The van der Waals surface area contributed by atoms with Crippen molar-refractivity contribution >= 4 is 5.97 Å². The third-order valence-electron chi connectivity index (χ3n) is 12.9. The maximum atomic E-state index is 11.8. The van der Waals surface area contributed by atoms with Gasteiger partial charge >= 0.3 is 0 Å². The van der Waals surface area contributed by atoms with Crippen molar-refractivity contribution in [1.82, 2.24) is 0 Å². The number of nitrogens with zero attached hydrogens (tertiary/aromatic N) is 1. The molecule has 4 nitrogen and oxygen atoms in total. The van der Waals surface area contributed by atoms with Crippen LogP contribution in [0.1, 0.15) is 254 Å². The molecule has 2 aromatic carbocycles. The first-order valence-corrected chi connectivity index (χ1v) is 25.4. The van der Waals surface area contributed by atoms with E-state index in [1.807, 2.05) is 36.4 Å². The van der Waals surface area contributed by atoms with Crippen molar-refractivity contribution in [2.75, 3.05) is 26.2 Å². The molecule has 0 spiro atoms. The van der Waals surface area contributed by atoms with Crippen molar-refractivity contribution in [1.29, 1.82) is 0 Å². The molecular weight excluding hydrogens is 711 g/mol. The zero-order valence-electron chi connectivity index (χ0n) is 39.1. The zero-order valence-corrected chi connectivity index (χ0v) is 39.1. The Morgan fingerprint density at radius 1 is 0.483 bits per heavy atom. The Balaban J connectivity index is 0.000000413. The lowest BCUT2D eigenvalue weighted by atomic mass is 9.90. The summed E-state index contributed by atoms with van der Waals surface area (Å²) < 4.78 is 7.38. The predicted molar refractivity (Wildman–Crippen MR) is 250 cm³/mol. The van der Waals surface area contributed by atoms with E-state index in [9.17, 15) is 9.90 Å². The van der Waals surface area contributed by atoms with Crippen molar-refractivity contribution < 1.29 is 19.1 Å². The van der Waals surface area contributed by atoms with Gasteiger partial charge < -0.3 is 19.1 Å². The molecule has 3 rings (SSSR count). The minimum Gasteiger partial charge on any atom is -0.545 e. The standard InChI is InChI=1S/C32H68N.C22H26O3/c1-5-9-13-17-21-25-29-33(30-26-22-18-14-10-6-2,31-27-23-19-15-11-7-3)32-28-24-20-16-12-8-4;1-2-3-4-5-6-7-10-16-13-14-20-18(21(16)22(23)24)15-17-11-8-9-12-19(17)25-20/h5-32H2,1-4H3;8-9,11-14H,2-7,10,15H2,1H3,(H,23,24)/q+1;/p-1. The summed E-state index contributed by atoms with van der Waals surface area (Å²) in [6.07, 6.45) is 43.3. The number of rotatable bonds is 36. The van der Waals surface area contributed by atoms with Crippen LogP contribution in [-0.4, -0.2) is 36.6 Å². The van der Waals surface area contributed by atoms with Crippen molar-refractivity contribution in [3.8, 4) is 11.5 Å². The van der Waals surface area contributed by atoms with Gasteiger partial charge in [-0.3, -0.25) is 0 Å². The number of hydrogen-bond acceptors (Lipinski definition) is 3. The van der Waals surface area contributed by atoms with Gasteiger partial charge in [-0.1, -0.05) is 194 Å². The number of quaternary nitrogens is 1. The minimum atomic E-state index is -1.10. The molecule has 0 atom stereocenters. The van der Waals surface area contributed by atoms with E-state index in [0.717, 1.165) is 41.7 Å². The highest BCUT2D eigenvalue weighted by molar-refractivity contribution is 5.91. The van der Waals surface area contributed by atoms with Crippen LogP contribution in [0.2, 0.25) is 0 Å². The van der Waals surface area contributed by atoms with E-state index in [4.69, 9.17) is 4.74 Å². The maximum absolute atomic E-state index is 11.8. The first kappa shape index (κ1) is 51.8. The molecule has 0 saturated carbocycles. The molecule has 58 heavy (non-hydrogen) atoms. The van der Waals surface area contributed by atoms with Crippen molar-refractivity contribution in [3.63, 3.8) is 0 Å². The first-order valence-electron chi connectivity index (χ1n) is 25.4. The van der Waals surface area contributed by atoms with Crippen molar-refractivity contribution in [3.05, 3.63) is 58.7 Å². The summed E-state index contributed by atoms with van der Waals surface area (Å²) >= 11 is 0. The fourth-order valence-corrected chi connectivity index (χ4v) is 9.15. The van der Waals surface area contributed by atoms with Crippen molar-refractivity contribution in [2.24, 2.45) is 0 Å². The zero-order chi connectivity index (χ0) is 41.9. The fraction of sp³-hybridized carbons (Fsp3) is 0.759. The lowest BCUT2D eigenvalue weighted by Crippen LogP contribution is -2.50. The number of para-hydroxylation sites is 1. The van der Waals surface area contributed by atoms with Crippen LogP contribution in [0.5, 0.6) is 11.5 Å². The first-order chi connectivity index (χ1) is 28.4. The summed E-state index contributed by atoms with van der Waals surface area (Å²) in [6.45, 7) is 17.5. The van der Waals surface area contributed by atoms with Gasteiger partial charge in [0.25, 0.3) is 0 Å². The summed E-state index contributed by atoms with van der Waals surface area (Å²) in [7, 11) is 0. The van der Waals surface area contributed by atoms with Gasteiger partial charge in [-0.2, -0.15) is 0 Å². The highest BCUT2D eigenvalue weighted by atomic mass is 16.5. The van der Waals surface area contributed by atoms with Gasteiger partial charge in [-0.05, 0) is 87.5 Å². The predicted octanol–water partition coefficient (Wildman–Crippen LogP) is 15.9. The van der Waals surface area contributed by atoms with Crippen LogP contribution in [0.25, 0.3) is 0 Å². The van der Waals surface area contributed by atoms with E-state index < -0.39 is 5.97 Å². The third-order valence-corrected chi connectivity index (χ3v) is 12.9. The number of carbonyl (C=O) groups is 1. The van der Waals surface area contributed by atoms with E-state index in [0.29, 0.717) is 17.7 Å². The molecular formula is C54H93NO3.